The molecule has 3 N–H and O–H groups in total. The maximum atomic E-state index is 11.1. The average Bonchev–Trinajstić information content (AvgIpc) is 2.18. The van der Waals surface area contributed by atoms with E-state index < -0.39 is 39.7 Å². The molecule has 0 spiro atoms. The average molecular weight is 224 g/mol. The summed E-state index contributed by atoms with van der Waals surface area (Å²) < 4.78 is 0. The molecule has 6 nitrogen and oxygen atoms in total. The minimum absolute atomic E-state index is 0.0869. The van der Waals surface area contributed by atoms with Crippen LogP contribution in [0, 0.1) is 0 Å². The summed E-state index contributed by atoms with van der Waals surface area (Å²) in [5.74, 6) is -3.28. The molecule has 0 saturated heterocycles. The molecule has 84 valence electrons. The van der Waals surface area contributed by atoms with Gasteiger partial charge in [-0.15, -0.1) is 0 Å². The van der Waals surface area contributed by atoms with Crippen molar-refractivity contribution in [2.75, 3.05) is 0 Å². The third kappa shape index (κ3) is 1.50. The predicted molar refractivity (Wildman–Crippen MR) is 52.2 cm³/mol. The zero-order chi connectivity index (χ0) is 12.5. The summed E-state index contributed by atoms with van der Waals surface area (Å²) in [7, 11) is 0. The molecule has 0 aliphatic rings. The van der Waals surface area contributed by atoms with Gasteiger partial charge in [0.15, 0.2) is 18.4 Å². The molecule has 0 amide bonds. The number of hydrogen-bond donors (Lipinski definition) is 3. The molecule has 0 saturated carbocycles. The van der Waals surface area contributed by atoms with Crippen LogP contribution in [0.25, 0.3) is 0 Å². The zero-order valence-electron chi connectivity index (χ0n) is 8.22. The lowest BCUT2D eigenvalue weighted by molar-refractivity contribution is 0.101. The van der Waals surface area contributed by atoms with Crippen molar-refractivity contribution < 1.29 is 29.7 Å². The maximum Gasteiger partial charge on any atom is 0.167 e. The number of carbonyl (C=O) groups excluding carboxylic acids is 3. The Labute approximate surface area is 89.8 Å². The van der Waals surface area contributed by atoms with Gasteiger partial charge in [-0.3, -0.25) is 14.4 Å². The van der Waals surface area contributed by atoms with Crippen LogP contribution in [-0.4, -0.2) is 33.7 Å². The van der Waals surface area contributed by atoms with Crippen LogP contribution < -0.4 is 0 Å². The summed E-state index contributed by atoms with van der Waals surface area (Å²) in [6, 6.07) is 0. The summed E-state index contributed by atoms with van der Waals surface area (Å²) in [5.41, 5.74) is -1.78. The minimum Gasteiger partial charge on any atom is -0.506 e. The molecule has 0 atom stereocenters. The van der Waals surface area contributed by atoms with Gasteiger partial charge in [-0.2, -0.15) is 0 Å². The molecule has 0 unspecified atom stereocenters. The number of carbonyl (C=O) groups is 3. The van der Waals surface area contributed by atoms with Crippen molar-refractivity contribution in [2.45, 2.75) is 6.92 Å². The van der Waals surface area contributed by atoms with Crippen LogP contribution in [0.2, 0.25) is 0 Å². The Bertz CT molecular complexity index is 454. The van der Waals surface area contributed by atoms with Gasteiger partial charge in [-0.1, -0.05) is 0 Å². The lowest BCUT2D eigenvalue weighted by Crippen LogP contribution is -2.01. The Morgan fingerprint density at radius 2 is 1.31 bits per heavy atom. The van der Waals surface area contributed by atoms with Crippen molar-refractivity contribution in [3.05, 3.63) is 16.7 Å². The molecule has 0 radical (unpaired) electrons. The SMILES string of the molecule is CC(=O)c1c(O)c(C=O)c(O)c(C=O)c1O. The summed E-state index contributed by atoms with van der Waals surface area (Å²) in [5, 5.41) is 28.3. The van der Waals surface area contributed by atoms with E-state index in [4.69, 9.17) is 0 Å². The number of aldehydes is 2. The van der Waals surface area contributed by atoms with E-state index in [-0.39, 0.29) is 12.6 Å². The van der Waals surface area contributed by atoms with Crippen molar-refractivity contribution >= 4 is 18.4 Å². The highest BCUT2D eigenvalue weighted by molar-refractivity contribution is 6.06. The number of rotatable bonds is 3. The lowest BCUT2D eigenvalue weighted by atomic mass is 9.99. The maximum absolute atomic E-state index is 11.1. The second-order valence-corrected chi connectivity index (χ2v) is 3.04. The number of Topliss-reactive ketones (excluding diaryl/α,β-unsaturated/α-hetero) is 1. The molecule has 6 heteroatoms. The summed E-state index contributed by atoms with van der Waals surface area (Å²) in [4.78, 5) is 32.2. The van der Waals surface area contributed by atoms with E-state index in [2.05, 4.69) is 0 Å². The van der Waals surface area contributed by atoms with Crippen LogP contribution in [0.15, 0.2) is 0 Å². The third-order valence-corrected chi connectivity index (χ3v) is 2.08. The molecule has 0 aliphatic heterocycles. The fraction of sp³-hybridized carbons (Fsp3) is 0.100. The molecule has 0 aliphatic carbocycles. The Morgan fingerprint density at radius 3 is 1.56 bits per heavy atom. The van der Waals surface area contributed by atoms with Crippen LogP contribution in [0.3, 0.4) is 0 Å². The second kappa shape index (κ2) is 4.01. The van der Waals surface area contributed by atoms with Crippen LogP contribution >= 0.6 is 0 Å². The van der Waals surface area contributed by atoms with Crippen LogP contribution in [0.5, 0.6) is 17.2 Å². The van der Waals surface area contributed by atoms with Gasteiger partial charge in [0.25, 0.3) is 0 Å². The zero-order valence-corrected chi connectivity index (χ0v) is 8.22. The van der Waals surface area contributed by atoms with Crippen molar-refractivity contribution in [3.63, 3.8) is 0 Å². The summed E-state index contributed by atoms with van der Waals surface area (Å²) in [6.07, 6.45) is 0.174. The first-order valence-electron chi connectivity index (χ1n) is 4.17. The Balaban J connectivity index is 3.83. The fourth-order valence-electron chi connectivity index (χ4n) is 1.31. The quantitative estimate of drug-likeness (QED) is 0.512. The summed E-state index contributed by atoms with van der Waals surface area (Å²) >= 11 is 0. The fourth-order valence-corrected chi connectivity index (χ4v) is 1.31. The van der Waals surface area contributed by atoms with E-state index >= 15 is 0 Å². The smallest absolute Gasteiger partial charge is 0.167 e. The minimum atomic E-state index is -0.856. The highest BCUT2D eigenvalue weighted by atomic mass is 16.3. The van der Waals surface area contributed by atoms with Gasteiger partial charge in [0, 0.05) is 0 Å². The number of ketones is 1. The van der Waals surface area contributed by atoms with E-state index in [1.165, 1.54) is 0 Å². The molecule has 1 aromatic carbocycles. The highest BCUT2D eigenvalue weighted by Crippen LogP contribution is 2.40. The molecule has 16 heavy (non-hydrogen) atoms. The number of phenolic OH excluding ortho intramolecular Hbond substituents is 3. The van der Waals surface area contributed by atoms with E-state index in [9.17, 15) is 29.7 Å². The Hall–Kier alpha value is -2.37. The number of phenols is 3. The van der Waals surface area contributed by atoms with Gasteiger partial charge in [-0.25, -0.2) is 0 Å². The van der Waals surface area contributed by atoms with E-state index in [0.29, 0.717) is 0 Å². The van der Waals surface area contributed by atoms with Crippen LogP contribution in [-0.2, 0) is 0 Å². The number of aromatic hydroxyl groups is 3. The number of hydrogen-bond acceptors (Lipinski definition) is 6. The normalized spacial score (nSPS) is 9.81. The molecular weight excluding hydrogens is 216 g/mol. The lowest BCUT2D eigenvalue weighted by Gasteiger charge is -2.10. The summed E-state index contributed by atoms with van der Waals surface area (Å²) in [6.45, 7) is 1.04. The topological polar surface area (TPSA) is 112 Å². The second-order valence-electron chi connectivity index (χ2n) is 3.04. The van der Waals surface area contributed by atoms with Crippen molar-refractivity contribution in [3.8, 4) is 17.2 Å². The van der Waals surface area contributed by atoms with Gasteiger partial charge in [0.1, 0.15) is 22.8 Å². The monoisotopic (exact) mass is 224 g/mol. The number of benzene rings is 1. The highest BCUT2D eigenvalue weighted by Gasteiger charge is 2.25. The standard InChI is InChI=1S/C10H8O6/c1-4(13)7-9(15)5(2-11)8(14)6(3-12)10(7)16/h2-3,14-16H,1H3. The third-order valence-electron chi connectivity index (χ3n) is 2.08. The van der Waals surface area contributed by atoms with E-state index in [1.54, 1.807) is 0 Å². The molecule has 1 aromatic rings. The first kappa shape index (κ1) is 11.7. The van der Waals surface area contributed by atoms with E-state index in [1.807, 2.05) is 0 Å². The molecule has 0 heterocycles. The largest absolute Gasteiger partial charge is 0.506 e. The van der Waals surface area contributed by atoms with Gasteiger partial charge in [0.2, 0.25) is 0 Å². The predicted octanol–water partition coefficient (Wildman–Crippen LogP) is 0.631. The van der Waals surface area contributed by atoms with Crippen molar-refractivity contribution in [2.24, 2.45) is 0 Å². The molecule has 0 bridgehead atoms. The molecule has 0 fully saturated rings. The van der Waals surface area contributed by atoms with Gasteiger partial charge < -0.3 is 15.3 Å². The van der Waals surface area contributed by atoms with Crippen LogP contribution in [0.1, 0.15) is 38.0 Å². The van der Waals surface area contributed by atoms with E-state index in [0.717, 1.165) is 6.92 Å². The molecular formula is C10H8O6. The van der Waals surface area contributed by atoms with Gasteiger partial charge in [0.05, 0.1) is 11.1 Å². The first-order valence-corrected chi connectivity index (χ1v) is 4.17. The molecule has 0 aromatic heterocycles. The van der Waals surface area contributed by atoms with Gasteiger partial charge >= 0.3 is 0 Å². The van der Waals surface area contributed by atoms with Gasteiger partial charge in [-0.05, 0) is 6.92 Å². The van der Waals surface area contributed by atoms with Crippen molar-refractivity contribution in [1.29, 1.82) is 0 Å². The molecule has 1 rings (SSSR count). The first-order chi connectivity index (χ1) is 7.45. The van der Waals surface area contributed by atoms with Crippen molar-refractivity contribution in [1.82, 2.24) is 0 Å². The van der Waals surface area contributed by atoms with Crippen LogP contribution in [0.4, 0.5) is 0 Å². The Morgan fingerprint density at radius 1 is 0.938 bits per heavy atom. The Kier molecular flexibility index (Phi) is 2.94.